The van der Waals surface area contributed by atoms with Gasteiger partial charge in [-0.3, -0.25) is 0 Å². The second-order valence-electron chi connectivity index (χ2n) is 6.85. The molecule has 0 saturated heterocycles. The van der Waals surface area contributed by atoms with Crippen LogP contribution in [0.5, 0.6) is 0 Å². The molecular formula is C22H35F3O3. The van der Waals surface area contributed by atoms with Gasteiger partial charge in [-0.2, -0.15) is 13.2 Å². The number of hydrogen-bond donors (Lipinski definition) is 0. The third-order valence-electron chi connectivity index (χ3n) is 4.56. The summed E-state index contributed by atoms with van der Waals surface area (Å²) in [6.45, 7) is 5.94. The average Bonchev–Trinajstić information content (AvgIpc) is 2.66. The van der Waals surface area contributed by atoms with Crippen molar-refractivity contribution in [3.05, 3.63) is 35.4 Å². The predicted molar refractivity (Wildman–Crippen MR) is 105 cm³/mol. The van der Waals surface area contributed by atoms with Crippen LogP contribution in [0.2, 0.25) is 0 Å². The number of unbranched alkanes of at least 4 members (excludes halogenated alkanes) is 6. The van der Waals surface area contributed by atoms with Gasteiger partial charge in [0, 0.05) is 13.2 Å². The van der Waals surface area contributed by atoms with Crippen molar-refractivity contribution in [2.75, 3.05) is 13.2 Å². The van der Waals surface area contributed by atoms with E-state index in [9.17, 15) is 13.2 Å². The van der Waals surface area contributed by atoms with Crippen LogP contribution in [0.4, 0.5) is 13.2 Å². The molecular weight excluding hydrogens is 369 g/mol. The molecule has 1 aromatic carbocycles. The van der Waals surface area contributed by atoms with Gasteiger partial charge in [0.2, 0.25) is 0 Å². The average molecular weight is 405 g/mol. The highest BCUT2D eigenvalue weighted by molar-refractivity contribution is 5.26. The van der Waals surface area contributed by atoms with Crippen molar-refractivity contribution in [2.45, 2.75) is 90.9 Å². The van der Waals surface area contributed by atoms with Crippen molar-refractivity contribution in [2.24, 2.45) is 0 Å². The summed E-state index contributed by atoms with van der Waals surface area (Å²) >= 11 is 0. The van der Waals surface area contributed by atoms with Crippen LogP contribution in [0.25, 0.3) is 0 Å². The van der Waals surface area contributed by atoms with Gasteiger partial charge in [-0.05, 0) is 38.0 Å². The fourth-order valence-electron chi connectivity index (χ4n) is 3.02. The first kappa shape index (κ1) is 24.9. The molecule has 1 rings (SSSR count). The summed E-state index contributed by atoms with van der Waals surface area (Å²) < 4.78 is 55.4. The summed E-state index contributed by atoms with van der Waals surface area (Å²) in [5.41, 5.74) is 0.0560. The van der Waals surface area contributed by atoms with Crippen molar-refractivity contribution in [1.82, 2.24) is 0 Å². The Labute approximate surface area is 167 Å². The lowest BCUT2D eigenvalue weighted by Crippen LogP contribution is -2.24. The standard InChI is InChI=1S/C22H35F3O3/c1-4-7-8-9-10-11-12-13-20(28-21(26-5-2)27-6-3)18-14-16-19(17-15-18)22(23,24)25/h14-17,20-21H,4-13H2,1-3H3. The van der Waals surface area contributed by atoms with Gasteiger partial charge in [-0.1, -0.05) is 64.0 Å². The number of ether oxygens (including phenoxy) is 3. The molecule has 0 aliphatic carbocycles. The zero-order chi connectivity index (χ0) is 20.8. The smallest absolute Gasteiger partial charge is 0.330 e. The first-order valence-corrected chi connectivity index (χ1v) is 10.5. The van der Waals surface area contributed by atoms with Crippen molar-refractivity contribution in [3.63, 3.8) is 0 Å². The first-order chi connectivity index (χ1) is 13.4. The van der Waals surface area contributed by atoms with E-state index >= 15 is 0 Å². The fourth-order valence-corrected chi connectivity index (χ4v) is 3.02. The summed E-state index contributed by atoms with van der Waals surface area (Å²) in [4.78, 5) is 0. The fraction of sp³-hybridized carbons (Fsp3) is 0.727. The van der Waals surface area contributed by atoms with Crippen molar-refractivity contribution < 1.29 is 27.4 Å². The van der Waals surface area contributed by atoms with Gasteiger partial charge < -0.3 is 14.2 Å². The molecule has 28 heavy (non-hydrogen) atoms. The molecule has 1 aromatic rings. The van der Waals surface area contributed by atoms with E-state index in [1.54, 1.807) is 0 Å². The van der Waals surface area contributed by atoms with Gasteiger partial charge >= 0.3 is 6.18 Å². The van der Waals surface area contributed by atoms with E-state index in [0.717, 1.165) is 31.4 Å². The van der Waals surface area contributed by atoms with Crippen molar-refractivity contribution >= 4 is 0 Å². The third kappa shape index (κ3) is 9.89. The van der Waals surface area contributed by atoms with Crippen molar-refractivity contribution in [1.29, 1.82) is 0 Å². The van der Waals surface area contributed by atoms with Gasteiger partial charge in [-0.25, -0.2) is 0 Å². The highest BCUT2D eigenvalue weighted by Crippen LogP contribution is 2.32. The number of rotatable bonds is 15. The highest BCUT2D eigenvalue weighted by Gasteiger charge is 2.30. The van der Waals surface area contributed by atoms with Crippen LogP contribution < -0.4 is 0 Å². The Bertz CT molecular complexity index is 497. The molecule has 0 aliphatic heterocycles. The molecule has 0 heterocycles. The number of halogens is 3. The number of hydrogen-bond acceptors (Lipinski definition) is 3. The molecule has 0 radical (unpaired) electrons. The maximum Gasteiger partial charge on any atom is 0.416 e. The lowest BCUT2D eigenvalue weighted by Gasteiger charge is -2.25. The molecule has 0 fully saturated rings. The van der Waals surface area contributed by atoms with Crippen LogP contribution in [-0.4, -0.2) is 19.7 Å². The topological polar surface area (TPSA) is 27.7 Å². The predicted octanol–water partition coefficient (Wildman–Crippen LogP) is 7.26. The minimum Gasteiger partial charge on any atom is -0.330 e. The Morgan fingerprint density at radius 1 is 0.786 bits per heavy atom. The minimum atomic E-state index is -4.34. The lowest BCUT2D eigenvalue weighted by molar-refractivity contribution is -0.304. The number of alkyl halides is 3. The Morgan fingerprint density at radius 2 is 1.32 bits per heavy atom. The van der Waals surface area contributed by atoms with Crippen LogP contribution in [0, 0.1) is 0 Å². The second-order valence-corrected chi connectivity index (χ2v) is 6.85. The summed E-state index contributed by atoms with van der Waals surface area (Å²) in [6, 6.07) is 5.19. The SMILES string of the molecule is CCCCCCCCCC(OC(OCC)OCC)c1ccc(C(F)(F)F)cc1. The highest BCUT2D eigenvalue weighted by atomic mass is 19.4. The van der Waals surface area contributed by atoms with E-state index in [1.165, 1.54) is 44.2 Å². The zero-order valence-electron chi connectivity index (χ0n) is 17.4. The number of benzene rings is 1. The third-order valence-corrected chi connectivity index (χ3v) is 4.56. The van der Waals surface area contributed by atoms with Crippen LogP contribution in [0.15, 0.2) is 24.3 Å². The maximum absolute atomic E-state index is 12.8. The molecule has 0 spiro atoms. The van der Waals surface area contributed by atoms with E-state index in [-0.39, 0.29) is 6.10 Å². The van der Waals surface area contributed by atoms with Gasteiger partial charge in [0.25, 0.3) is 6.48 Å². The van der Waals surface area contributed by atoms with E-state index in [0.29, 0.717) is 18.8 Å². The first-order valence-electron chi connectivity index (χ1n) is 10.5. The molecule has 0 aromatic heterocycles. The van der Waals surface area contributed by atoms with Gasteiger partial charge in [0.15, 0.2) is 0 Å². The molecule has 1 atom stereocenters. The largest absolute Gasteiger partial charge is 0.416 e. The lowest BCUT2D eigenvalue weighted by atomic mass is 10.0. The Morgan fingerprint density at radius 3 is 1.82 bits per heavy atom. The van der Waals surface area contributed by atoms with Crippen LogP contribution in [0.3, 0.4) is 0 Å². The monoisotopic (exact) mass is 404 g/mol. The molecule has 0 bridgehead atoms. The quantitative estimate of drug-likeness (QED) is 0.227. The summed E-state index contributed by atoms with van der Waals surface area (Å²) in [5, 5.41) is 0. The van der Waals surface area contributed by atoms with Crippen LogP contribution in [0.1, 0.15) is 89.4 Å². The van der Waals surface area contributed by atoms with Gasteiger partial charge in [0.1, 0.15) is 0 Å². The normalized spacial score (nSPS) is 13.2. The second kappa shape index (κ2) is 14.0. The van der Waals surface area contributed by atoms with Crippen LogP contribution >= 0.6 is 0 Å². The van der Waals surface area contributed by atoms with E-state index < -0.39 is 18.2 Å². The van der Waals surface area contributed by atoms with Crippen LogP contribution in [-0.2, 0) is 20.4 Å². The molecule has 162 valence electrons. The summed E-state index contributed by atoms with van der Waals surface area (Å²) in [7, 11) is 0. The van der Waals surface area contributed by atoms with Gasteiger partial charge in [0.05, 0.1) is 11.7 Å². The van der Waals surface area contributed by atoms with E-state index in [1.807, 2.05) is 13.8 Å². The zero-order valence-corrected chi connectivity index (χ0v) is 17.4. The molecule has 0 saturated carbocycles. The molecule has 0 N–H and O–H groups in total. The molecule has 0 amide bonds. The Hall–Kier alpha value is -1.11. The minimum absolute atomic E-state index is 0.360. The van der Waals surface area contributed by atoms with Gasteiger partial charge in [-0.15, -0.1) is 0 Å². The summed E-state index contributed by atoms with van der Waals surface area (Å²) in [5.74, 6) is 0. The van der Waals surface area contributed by atoms with E-state index in [4.69, 9.17) is 14.2 Å². The molecule has 6 heteroatoms. The molecule has 3 nitrogen and oxygen atoms in total. The van der Waals surface area contributed by atoms with E-state index in [2.05, 4.69) is 6.92 Å². The Balaban J connectivity index is 2.71. The molecule has 1 unspecified atom stereocenters. The van der Waals surface area contributed by atoms with Crippen molar-refractivity contribution in [3.8, 4) is 0 Å². The Kier molecular flexibility index (Phi) is 12.4. The summed E-state index contributed by atoms with van der Waals surface area (Å²) in [6.07, 6.45) is 4.18. The maximum atomic E-state index is 12.8. The molecule has 0 aliphatic rings.